The molecule has 1 aromatic heterocycles. The number of aryl methyl sites for hydroxylation is 3. The second-order valence-corrected chi connectivity index (χ2v) is 10.4. The van der Waals surface area contributed by atoms with Crippen LogP contribution in [0.25, 0.3) is 5.69 Å². The summed E-state index contributed by atoms with van der Waals surface area (Å²) >= 11 is 6.22. The van der Waals surface area contributed by atoms with Gasteiger partial charge in [-0.25, -0.2) is 13.1 Å². The maximum Gasteiger partial charge on any atom is 0.256 e. The summed E-state index contributed by atoms with van der Waals surface area (Å²) in [5.41, 5.74) is 3.88. The van der Waals surface area contributed by atoms with Crippen LogP contribution < -0.4 is 5.32 Å². The fourth-order valence-corrected chi connectivity index (χ4v) is 5.72. The lowest BCUT2D eigenvalue weighted by Crippen LogP contribution is -2.40. The number of benzene rings is 2. The lowest BCUT2D eigenvalue weighted by atomic mass is 10.1. The van der Waals surface area contributed by atoms with Crippen molar-refractivity contribution in [3.63, 3.8) is 0 Å². The van der Waals surface area contributed by atoms with Crippen molar-refractivity contribution in [3.05, 3.63) is 69.9 Å². The average Bonchev–Trinajstić information content (AvgIpc) is 3.13. The van der Waals surface area contributed by atoms with E-state index in [1.54, 1.807) is 10.7 Å². The van der Waals surface area contributed by atoms with Gasteiger partial charge in [-0.1, -0.05) is 17.7 Å². The molecule has 2 heterocycles. The topological polar surface area (TPSA) is 93.5 Å². The van der Waals surface area contributed by atoms with Gasteiger partial charge in [0.15, 0.2) is 0 Å². The van der Waals surface area contributed by atoms with Gasteiger partial charge in [-0.15, -0.1) is 0 Å². The zero-order valence-corrected chi connectivity index (χ0v) is 20.2. The molecule has 0 saturated carbocycles. The highest BCUT2D eigenvalue weighted by molar-refractivity contribution is 7.89. The van der Waals surface area contributed by atoms with Crippen LogP contribution in [0.1, 0.15) is 27.2 Å². The van der Waals surface area contributed by atoms with Crippen molar-refractivity contribution in [3.8, 4) is 5.69 Å². The number of sulfonamides is 1. The molecule has 3 aromatic rings. The van der Waals surface area contributed by atoms with Crippen molar-refractivity contribution in [2.45, 2.75) is 25.7 Å². The third kappa shape index (κ3) is 4.96. The lowest BCUT2D eigenvalue weighted by Gasteiger charge is -2.26. The molecule has 4 rings (SSSR count). The molecular formula is C23H25ClN4O4S. The first kappa shape index (κ1) is 23.4. The molecule has 1 N–H and O–H groups in total. The maximum atomic E-state index is 13.1. The molecule has 1 saturated heterocycles. The normalized spacial score (nSPS) is 14.9. The van der Waals surface area contributed by atoms with Gasteiger partial charge in [-0.3, -0.25) is 4.79 Å². The first-order valence-electron chi connectivity index (χ1n) is 10.5. The van der Waals surface area contributed by atoms with Crippen LogP contribution in [-0.2, 0) is 14.8 Å². The highest BCUT2D eigenvalue weighted by Gasteiger charge is 2.29. The molecule has 0 aliphatic carbocycles. The number of amides is 1. The molecule has 0 spiro atoms. The summed E-state index contributed by atoms with van der Waals surface area (Å²) in [7, 11) is -3.85. The number of nitrogens with one attached hydrogen (secondary N) is 1. The summed E-state index contributed by atoms with van der Waals surface area (Å²) in [6.07, 6.45) is 0. The third-order valence-corrected chi connectivity index (χ3v) is 7.69. The van der Waals surface area contributed by atoms with E-state index in [1.165, 1.54) is 22.5 Å². The second-order valence-electron chi connectivity index (χ2n) is 8.04. The minimum atomic E-state index is -3.85. The number of carbonyl (C=O) groups is 1. The van der Waals surface area contributed by atoms with E-state index in [2.05, 4.69) is 16.5 Å². The van der Waals surface area contributed by atoms with Crippen LogP contribution in [0.4, 0.5) is 5.82 Å². The van der Waals surface area contributed by atoms with Crippen LogP contribution in [0.15, 0.2) is 47.4 Å². The largest absolute Gasteiger partial charge is 0.379 e. The van der Waals surface area contributed by atoms with Gasteiger partial charge in [0.05, 0.1) is 29.6 Å². The molecule has 1 fully saturated rings. The lowest BCUT2D eigenvalue weighted by molar-refractivity contribution is 0.0730. The van der Waals surface area contributed by atoms with Gasteiger partial charge in [0, 0.05) is 24.7 Å². The van der Waals surface area contributed by atoms with Crippen LogP contribution in [0, 0.1) is 20.8 Å². The summed E-state index contributed by atoms with van der Waals surface area (Å²) < 4.78 is 34.4. The molecule has 0 bridgehead atoms. The Kier molecular flexibility index (Phi) is 6.58. The minimum Gasteiger partial charge on any atom is -0.379 e. The fourth-order valence-electron chi connectivity index (χ4n) is 3.82. The van der Waals surface area contributed by atoms with Gasteiger partial charge in [0.25, 0.3) is 5.91 Å². The number of nitrogens with zero attached hydrogens (tertiary/aromatic N) is 3. The van der Waals surface area contributed by atoms with Crippen LogP contribution in [-0.4, -0.2) is 54.7 Å². The Bertz CT molecular complexity index is 1290. The van der Waals surface area contributed by atoms with E-state index in [4.69, 9.17) is 16.3 Å². The van der Waals surface area contributed by atoms with E-state index >= 15 is 0 Å². The highest BCUT2D eigenvalue weighted by atomic mass is 35.5. The highest BCUT2D eigenvalue weighted by Crippen LogP contribution is 2.27. The molecule has 33 heavy (non-hydrogen) atoms. The summed E-state index contributed by atoms with van der Waals surface area (Å²) in [4.78, 5) is 13.0. The Hall–Kier alpha value is -2.72. The van der Waals surface area contributed by atoms with E-state index in [-0.39, 0.29) is 28.6 Å². The van der Waals surface area contributed by atoms with Gasteiger partial charge in [-0.05, 0) is 62.2 Å². The molecule has 8 nitrogen and oxygen atoms in total. The zero-order valence-electron chi connectivity index (χ0n) is 18.6. The first-order chi connectivity index (χ1) is 15.6. The van der Waals surface area contributed by atoms with Crippen molar-refractivity contribution in [2.24, 2.45) is 0 Å². The summed E-state index contributed by atoms with van der Waals surface area (Å²) in [6, 6.07) is 12.0. The molecule has 10 heteroatoms. The first-order valence-corrected chi connectivity index (χ1v) is 12.3. The molecule has 1 amide bonds. The number of ether oxygens (including phenoxy) is 1. The van der Waals surface area contributed by atoms with Crippen molar-refractivity contribution in [1.29, 1.82) is 0 Å². The van der Waals surface area contributed by atoms with Crippen molar-refractivity contribution in [2.75, 3.05) is 31.6 Å². The Morgan fingerprint density at radius 3 is 2.36 bits per heavy atom. The smallest absolute Gasteiger partial charge is 0.256 e. The van der Waals surface area contributed by atoms with Crippen molar-refractivity contribution < 1.29 is 17.9 Å². The van der Waals surface area contributed by atoms with Gasteiger partial charge in [-0.2, -0.15) is 9.40 Å². The summed E-state index contributed by atoms with van der Waals surface area (Å²) in [5, 5.41) is 7.43. The number of rotatable bonds is 5. The standard InChI is InChI=1S/C23H25ClN4O4S/c1-15-10-16(2)12-19(11-15)28-22(13-17(3)26-28)25-23(29)18-4-5-20(24)21(14-18)33(30,31)27-6-8-32-9-7-27/h4-5,10-14H,6-9H2,1-3H3,(H,25,29). The summed E-state index contributed by atoms with van der Waals surface area (Å²) in [6.45, 7) is 6.94. The number of aromatic nitrogens is 2. The van der Waals surface area contributed by atoms with Crippen LogP contribution >= 0.6 is 11.6 Å². The summed E-state index contributed by atoms with van der Waals surface area (Å²) in [5.74, 6) is 0.0191. The molecule has 1 aliphatic rings. The number of hydrogen-bond donors (Lipinski definition) is 1. The number of halogens is 1. The molecule has 174 valence electrons. The van der Waals surface area contributed by atoms with Crippen molar-refractivity contribution in [1.82, 2.24) is 14.1 Å². The van der Waals surface area contributed by atoms with Crippen LogP contribution in [0.3, 0.4) is 0 Å². The van der Waals surface area contributed by atoms with Gasteiger partial charge >= 0.3 is 0 Å². The van der Waals surface area contributed by atoms with E-state index < -0.39 is 15.9 Å². The van der Waals surface area contributed by atoms with Gasteiger partial charge in [0.1, 0.15) is 10.7 Å². The van der Waals surface area contributed by atoms with Gasteiger partial charge in [0.2, 0.25) is 10.0 Å². The second kappa shape index (κ2) is 9.26. The molecule has 0 radical (unpaired) electrons. The van der Waals surface area contributed by atoms with Crippen LogP contribution in [0.5, 0.6) is 0 Å². The quantitative estimate of drug-likeness (QED) is 0.590. The molecule has 1 aliphatic heterocycles. The molecule has 0 atom stereocenters. The zero-order chi connectivity index (χ0) is 23.8. The van der Waals surface area contributed by atoms with E-state index in [0.29, 0.717) is 19.0 Å². The van der Waals surface area contributed by atoms with E-state index in [1.807, 2.05) is 32.9 Å². The third-order valence-electron chi connectivity index (χ3n) is 5.31. The monoisotopic (exact) mass is 488 g/mol. The predicted octanol–water partition coefficient (Wildman–Crippen LogP) is 3.72. The SMILES string of the molecule is Cc1cc(C)cc(-n2nc(C)cc2NC(=O)c2ccc(Cl)c(S(=O)(=O)N3CCOCC3)c2)c1. The number of morpholine rings is 1. The minimum absolute atomic E-state index is 0.0640. The fraction of sp³-hybridized carbons (Fsp3) is 0.304. The Morgan fingerprint density at radius 1 is 1.03 bits per heavy atom. The van der Waals surface area contributed by atoms with E-state index in [9.17, 15) is 13.2 Å². The Labute approximate surface area is 198 Å². The molecule has 2 aromatic carbocycles. The van der Waals surface area contributed by atoms with Gasteiger partial charge < -0.3 is 10.1 Å². The molecule has 0 unspecified atom stereocenters. The molecular weight excluding hydrogens is 464 g/mol. The number of hydrogen-bond acceptors (Lipinski definition) is 5. The number of carbonyl (C=O) groups excluding carboxylic acids is 1. The van der Waals surface area contributed by atoms with Crippen molar-refractivity contribution >= 4 is 33.3 Å². The number of anilines is 1. The predicted molar refractivity (Wildman–Crippen MR) is 127 cm³/mol. The Morgan fingerprint density at radius 2 is 1.70 bits per heavy atom. The maximum absolute atomic E-state index is 13.1. The van der Waals surface area contributed by atoms with Crippen LogP contribution in [0.2, 0.25) is 5.02 Å². The van der Waals surface area contributed by atoms with E-state index in [0.717, 1.165) is 22.5 Å². The average molecular weight is 489 g/mol. The Balaban J connectivity index is 1.65.